The molecule has 2 atom stereocenters. The number of hydrogen-bond donors (Lipinski definition) is 1. The van der Waals surface area contributed by atoms with Gasteiger partial charge in [0.15, 0.2) is 0 Å². The number of anilines is 1. The molecule has 0 radical (unpaired) electrons. The first-order chi connectivity index (χ1) is 19.3. The van der Waals surface area contributed by atoms with Crippen molar-refractivity contribution < 1.29 is 14.0 Å². The van der Waals surface area contributed by atoms with Crippen LogP contribution in [0, 0.1) is 6.92 Å². The third-order valence-corrected chi connectivity index (χ3v) is 8.62. The van der Waals surface area contributed by atoms with E-state index in [1.54, 1.807) is 28.4 Å². The molecule has 2 saturated heterocycles. The van der Waals surface area contributed by atoms with Crippen molar-refractivity contribution in [2.45, 2.75) is 57.5 Å². The Labute approximate surface area is 237 Å². The van der Waals surface area contributed by atoms with Crippen molar-refractivity contribution in [2.75, 3.05) is 18.0 Å². The van der Waals surface area contributed by atoms with Crippen LogP contribution in [0.2, 0.25) is 0 Å². The summed E-state index contributed by atoms with van der Waals surface area (Å²) in [6, 6.07) is 15.3. The Hall–Kier alpha value is -3.89. The zero-order valence-corrected chi connectivity index (χ0v) is 23.5. The summed E-state index contributed by atoms with van der Waals surface area (Å²) in [7, 11) is 0. The molecular weight excluding hydrogens is 524 g/mol. The number of thiazole rings is 1. The zero-order valence-electron chi connectivity index (χ0n) is 22.7. The van der Waals surface area contributed by atoms with E-state index in [-0.39, 0.29) is 23.7 Å². The van der Waals surface area contributed by atoms with Crippen LogP contribution in [-0.4, -0.2) is 45.0 Å². The highest BCUT2D eigenvalue weighted by Crippen LogP contribution is 2.37. The van der Waals surface area contributed by atoms with E-state index >= 15 is 0 Å². The summed E-state index contributed by atoms with van der Waals surface area (Å²) in [5, 5.41) is 11.6. The number of rotatable bonds is 7. The summed E-state index contributed by atoms with van der Waals surface area (Å²) in [6.45, 7) is 5.09. The molecule has 206 valence electrons. The van der Waals surface area contributed by atoms with Gasteiger partial charge >= 0.3 is 0 Å². The van der Waals surface area contributed by atoms with Gasteiger partial charge in [0, 0.05) is 47.4 Å². The maximum atomic E-state index is 14.0. The largest absolute Gasteiger partial charge is 0.419 e. The highest BCUT2D eigenvalue weighted by atomic mass is 32.1. The van der Waals surface area contributed by atoms with Crippen LogP contribution in [0.25, 0.3) is 11.5 Å². The molecule has 4 aromatic rings. The Morgan fingerprint density at radius 3 is 2.70 bits per heavy atom. The summed E-state index contributed by atoms with van der Waals surface area (Å²) in [5.74, 6) is 0.505. The Bertz CT molecular complexity index is 1550. The molecule has 0 bridgehead atoms. The van der Waals surface area contributed by atoms with E-state index in [2.05, 4.69) is 15.2 Å². The Morgan fingerprint density at radius 1 is 1.15 bits per heavy atom. The van der Waals surface area contributed by atoms with Crippen LogP contribution < -0.4 is 10.6 Å². The quantitative estimate of drug-likeness (QED) is 0.339. The molecule has 9 nitrogen and oxygen atoms in total. The second-order valence-electron chi connectivity index (χ2n) is 10.9. The summed E-state index contributed by atoms with van der Waals surface area (Å²) in [5.41, 5.74) is 9.48. The van der Waals surface area contributed by atoms with Gasteiger partial charge in [-0.1, -0.05) is 30.3 Å². The van der Waals surface area contributed by atoms with Crippen LogP contribution in [0.15, 0.2) is 58.3 Å². The highest BCUT2D eigenvalue weighted by molar-refractivity contribution is 7.09. The molecule has 2 aromatic carbocycles. The topological polar surface area (TPSA) is 118 Å². The SMILES string of the molecule is Cc1csc([C@H]2CCCN2C(=O)c2cc(-c3nnc([C@](C)(N)Cc4ccccc4)o3)cc(N3CCCC3=O)c2)n1. The molecule has 2 aromatic heterocycles. The van der Waals surface area contributed by atoms with Crippen LogP contribution >= 0.6 is 11.3 Å². The van der Waals surface area contributed by atoms with Crippen molar-refractivity contribution >= 4 is 28.8 Å². The average Bonchev–Trinajstić information content (AvgIpc) is 3.75. The fourth-order valence-electron chi connectivity index (χ4n) is 5.56. The van der Waals surface area contributed by atoms with E-state index < -0.39 is 5.54 Å². The second kappa shape index (κ2) is 10.6. The van der Waals surface area contributed by atoms with Gasteiger partial charge in [0.25, 0.3) is 5.91 Å². The van der Waals surface area contributed by atoms with Gasteiger partial charge in [0.1, 0.15) is 5.01 Å². The molecule has 10 heteroatoms. The van der Waals surface area contributed by atoms with E-state index in [0.717, 1.165) is 35.5 Å². The number of likely N-dealkylation sites (tertiary alicyclic amines) is 1. The first-order valence-corrected chi connectivity index (χ1v) is 14.5. The Morgan fingerprint density at radius 2 is 1.98 bits per heavy atom. The van der Waals surface area contributed by atoms with Gasteiger partial charge in [-0.15, -0.1) is 21.5 Å². The highest BCUT2D eigenvalue weighted by Gasteiger charge is 2.34. The molecule has 2 aliphatic heterocycles. The molecule has 6 rings (SSSR count). The van der Waals surface area contributed by atoms with Crippen molar-refractivity contribution in [3.05, 3.63) is 81.6 Å². The number of benzene rings is 2. The van der Waals surface area contributed by atoms with Crippen LogP contribution in [-0.2, 0) is 16.8 Å². The molecule has 0 spiro atoms. The molecule has 0 saturated carbocycles. The minimum atomic E-state index is -0.887. The number of carbonyl (C=O) groups excluding carboxylic acids is 2. The summed E-state index contributed by atoms with van der Waals surface area (Å²) in [4.78, 5) is 34.9. The van der Waals surface area contributed by atoms with Crippen molar-refractivity contribution in [3.8, 4) is 11.5 Å². The van der Waals surface area contributed by atoms with Crippen LogP contribution in [0.5, 0.6) is 0 Å². The number of nitrogens with zero attached hydrogens (tertiary/aromatic N) is 5. The van der Waals surface area contributed by atoms with Crippen LogP contribution in [0.3, 0.4) is 0 Å². The third kappa shape index (κ3) is 5.16. The van der Waals surface area contributed by atoms with Crippen molar-refractivity contribution in [2.24, 2.45) is 5.73 Å². The monoisotopic (exact) mass is 556 g/mol. The molecule has 0 unspecified atom stereocenters. The van der Waals surface area contributed by atoms with Gasteiger partial charge in [-0.05, 0) is 63.3 Å². The van der Waals surface area contributed by atoms with Gasteiger partial charge in [0.05, 0.1) is 11.6 Å². The van der Waals surface area contributed by atoms with Crippen molar-refractivity contribution in [1.82, 2.24) is 20.1 Å². The third-order valence-electron chi connectivity index (χ3n) is 7.56. The number of carbonyl (C=O) groups is 2. The van der Waals surface area contributed by atoms with Gasteiger partial charge in [-0.25, -0.2) is 4.98 Å². The molecular formula is C30H32N6O3S. The predicted molar refractivity (Wildman–Crippen MR) is 153 cm³/mol. The van der Waals surface area contributed by atoms with Gasteiger partial charge < -0.3 is 20.0 Å². The van der Waals surface area contributed by atoms with E-state index in [1.165, 1.54) is 0 Å². The van der Waals surface area contributed by atoms with Gasteiger partial charge in [0.2, 0.25) is 17.7 Å². The number of amides is 2. The van der Waals surface area contributed by atoms with E-state index in [1.807, 2.05) is 60.5 Å². The zero-order chi connectivity index (χ0) is 27.9. The maximum Gasteiger partial charge on any atom is 0.254 e. The number of aromatic nitrogens is 3. The lowest BCUT2D eigenvalue weighted by Gasteiger charge is -2.24. The summed E-state index contributed by atoms with van der Waals surface area (Å²) >= 11 is 1.59. The van der Waals surface area contributed by atoms with Gasteiger partial charge in [-0.2, -0.15) is 0 Å². The van der Waals surface area contributed by atoms with Crippen LogP contribution in [0.4, 0.5) is 5.69 Å². The number of hydrogen-bond acceptors (Lipinski definition) is 8. The second-order valence-corrected chi connectivity index (χ2v) is 11.8. The fourth-order valence-corrected chi connectivity index (χ4v) is 6.50. The lowest BCUT2D eigenvalue weighted by molar-refractivity contribution is -0.117. The molecule has 4 heterocycles. The minimum Gasteiger partial charge on any atom is -0.419 e. The lowest BCUT2D eigenvalue weighted by Crippen LogP contribution is -2.35. The smallest absolute Gasteiger partial charge is 0.254 e. The Kier molecular flexibility index (Phi) is 6.97. The Balaban J connectivity index is 1.35. The normalized spacial score (nSPS) is 18.9. The predicted octanol–water partition coefficient (Wildman–Crippen LogP) is 5.02. The minimum absolute atomic E-state index is 0.0384. The first kappa shape index (κ1) is 26.3. The standard InChI is InChI=1S/C30H32N6O3S/c1-19-18-40-27(32-19)24-10-6-13-36(24)28(38)22-14-21(15-23(16-22)35-12-7-11-25(35)37)26-33-34-29(39-26)30(2,31)17-20-8-4-3-5-9-20/h3-5,8-9,14-16,18,24H,6-7,10-13,17,31H2,1-2H3/t24-,30-/m1/s1. The van der Waals surface area contributed by atoms with Crippen molar-refractivity contribution in [3.63, 3.8) is 0 Å². The van der Waals surface area contributed by atoms with E-state index in [4.69, 9.17) is 10.2 Å². The molecule has 2 amide bonds. The van der Waals surface area contributed by atoms with E-state index in [0.29, 0.717) is 48.6 Å². The molecule has 2 aliphatic rings. The average molecular weight is 557 g/mol. The van der Waals surface area contributed by atoms with Crippen LogP contribution in [0.1, 0.15) is 71.2 Å². The first-order valence-electron chi connectivity index (χ1n) is 13.6. The summed E-state index contributed by atoms with van der Waals surface area (Å²) in [6.07, 6.45) is 3.57. The molecule has 0 aliphatic carbocycles. The number of nitrogens with two attached hydrogens (primary N) is 1. The van der Waals surface area contributed by atoms with E-state index in [9.17, 15) is 9.59 Å². The van der Waals surface area contributed by atoms with Crippen molar-refractivity contribution in [1.29, 1.82) is 0 Å². The molecule has 2 fully saturated rings. The lowest BCUT2D eigenvalue weighted by atomic mass is 9.94. The van der Waals surface area contributed by atoms with Gasteiger partial charge in [-0.3, -0.25) is 9.59 Å². The number of aryl methyl sites for hydroxylation is 1. The maximum absolute atomic E-state index is 14.0. The summed E-state index contributed by atoms with van der Waals surface area (Å²) < 4.78 is 6.12. The fraction of sp³-hybridized carbons (Fsp3) is 0.367. The molecule has 40 heavy (non-hydrogen) atoms. The molecule has 2 N–H and O–H groups in total.